The first-order valence-electron chi connectivity index (χ1n) is 6.15. The average Bonchev–Trinajstić information content (AvgIpc) is 2.40. The molecule has 0 fully saturated rings. The zero-order valence-electron chi connectivity index (χ0n) is 11.6. The van der Waals surface area contributed by atoms with E-state index in [1.807, 2.05) is 0 Å². The fourth-order valence-corrected chi connectivity index (χ4v) is 2.58. The highest BCUT2D eigenvalue weighted by Crippen LogP contribution is 2.18. The summed E-state index contributed by atoms with van der Waals surface area (Å²) in [6, 6.07) is 11.2. The summed E-state index contributed by atoms with van der Waals surface area (Å²) >= 11 is 5.78. The van der Waals surface area contributed by atoms with Gasteiger partial charge in [0.25, 0.3) is 5.91 Å². The topological polar surface area (TPSA) is 63.2 Å². The van der Waals surface area contributed by atoms with E-state index in [-0.39, 0.29) is 10.8 Å². The predicted octanol–water partition coefficient (Wildman–Crippen LogP) is 3.30. The zero-order valence-corrected chi connectivity index (χ0v) is 13.1. The van der Waals surface area contributed by atoms with Crippen LogP contribution >= 0.6 is 11.6 Å². The minimum Gasteiger partial charge on any atom is -0.322 e. The van der Waals surface area contributed by atoms with Gasteiger partial charge in [0.15, 0.2) is 9.84 Å². The van der Waals surface area contributed by atoms with E-state index in [1.54, 1.807) is 37.3 Å². The van der Waals surface area contributed by atoms with E-state index < -0.39 is 9.84 Å². The number of aryl methyl sites for hydroxylation is 1. The van der Waals surface area contributed by atoms with Crippen molar-refractivity contribution in [1.82, 2.24) is 0 Å². The summed E-state index contributed by atoms with van der Waals surface area (Å²) in [7, 11) is -3.35. The third kappa shape index (κ3) is 3.83. The molecule has 0 bridgehead atoms. The molecule has 0 aliphatic heterocycles. The van der Waals surface area contributed by atoms with Gasteiger partial charge in [-0.25, -0.2) is 8.42 Å². The molecule has 2 aromatic rings. The van der Waals surface area contributed by atoms with Crippen LogP contribution in [0.1, 0.15) is 15.9 Å². The lowest BCUT2D eigenvalue weighted by Gasteiger charge is -2.09. The van der Waals surface area contributed by atoms with E-state index in [9.17, 15) is 13.2 Å². The van der Waals surface area contributed by atoms with Gasteiger partial charge in [0, 0.05) is 22.5 Å². The van der Waals surface area contributed by atoms with E-state index in [1.165, 1.54) is 12.1 Å². The van der Waals surface area contributed by atoms with Gasteiger partial charge in [-0.3, -0.25) is 4.79 Å². The number of hydrogen-bond acceptors (Lipinski definition) is 3. The summed E-state index contributed by atoms with van der Waals surface area (Å²) in [4.78, 5) is 12.4. The lowest BCUT2D eigenvalue weighted by Crippen LogP contribution is -2.14. The third-order valence-electron chi connectivity index (χ3n) is 2.98. The standard InChI is InChI=1S/C15H14ClNO3S/c1-10-3-8-13(21(2,19)20)9-14(10)15(18)17-12-6-4-11(16)5-7-12/h3-9H,1-2H3,(H,17,18). The molecule has 21 heavy (non-hydrogen) atoms. The zero-order chi connectivity index (χ0) is 15.6. The molecule has 0 aliphatic carbocycles. The van der Waals surface area contributed by atoms with Crippen molar-refractivity contribution in [1.29, 1.82) is 0 Å². The minimum absolute atomic E-state index is 0.120. The quantitative estimate of drug-likeness (QED) is 0.942. The van der Waals surface area contributed by atoms with E-state index in [4.69, 9.17) is 11.6 Å². The molecule has 2 rings (SSSR count). The highest BCUT2D eigenvalue weighted by molar-refractivity contribution is 7.90. The van der Waals surface area contributed by atoms with E-state index in [0.717, 1.165) is 6.26 Å². The number of nitrogens with one attached hydrogen (secondary N) is 1. The number of rotatable bonds is 3. The van der Waals surface area contributed by atoms with Gasteiger partial charge in [-0.2, -0.15) is 0 Å². The molecule has 0 saturated carbocycles. The Morgan fingerprint density at radius 3 is 2.29 bits per heavy atom. The van der Waals surface area contributed by atoms with Crippen molar-refractivity contribution in [2.75, 3.05) is 11.6 Å². The summed E-state index contributed by atoms with van der Waals surface area (Å²) < 4.78 is 23.1. The molecule has 4 nitrogen and oxygen atoms in total. The second kappa shape index (κ2) is 5.87. The molecular formula is C15H14ClNO3S. The molecule has 2 aromatic carbocycles. The minimum atomic E-state index is -3.35. The van der Waals surface area contributed by atoms with E-state index in [2.05, 4.69) is 5.32 Å². The van der Waals surface area contributed by atoms with Crippen LogP contribution in [0.4, 0.5) is 5.69 Å². The fourth-order valence-electron chi connectivity index (χ4n) is 1.81. The molecule has 0 atom stereocenters. The van der Waals surface area contributed by atoms with Gasteiger partial charge in [0.1, 0.15) is 0 Å². The van der Waals surface area contributed by atoms with Crippen molar-refractivity contribution < 1.29 is 13.2 Å². The van der Waals surface area contributed by atoms with Crippen LogP contribution in [0.3, 0.4) is 0 Å². The molecule has 0 aromatic heterocycles. The van der Waals surface area contributed by atoms with Crippen molar-refractivity contribution >= 4 is 33.0 Å². The maximum absolute atomic E-state index is 12.3. The van der Waals surface area contributed by atoms with Gasteiger partial charge in [-0.15, -0.1) is 0 Å². The van der Waals surface area contributed by atoms with Crippen molar-refractivity contribution in [3.05, 3.63) is 58.6 Å². The number of amides is 1. The molecule has 110 valence electrons. The summed E-state index contributed by atoms with van der Waals surface area (Å²) in [5.74, 6) is -0.361. The number of sulfone groups is 1. The molecule has 0 heterocycles. The number of halogens is 1. The van der Waals surface area contributed by atoms with E-state index >= 15 is 0 Å². The second-order valence-electron chi connectivity index (χ2n) is 4.71. The fraction of sp³-hybridized carbons (Fsp3) is 0.133. The molecule has 0 radical (unpaired) electrons. The number of hydrogen-bond donors (Lipinski definition) is 1. The summed E-state index contributed by atoms with van der Waals surface area (Å²) in [6.07, 6.45) is 1.11. The van der Waals surface area contributed by atoms with Gasteiger partial charge in [-0.05, 0) is 48.9 Å². The maximum Gasteiger partial charge on any atom is 0.255 e. The van der Waals surface area contributed by atoms with Gasteiger partial charge in [0.2, 0.25) is 0 Å². The Morgan fingerprint density at radius 1 is 1.10 bits per heavy atom. The Kier molecular flexibility index (Phi) is 4.34. The maximum atomic E-state index is 12.3. The summed E-state index contributed by atoms with van der Waals surface area (Å²) in [5, 5.41) is 3.28. The molecule has 1 amide bonds. The second-order valence-corrected chi connectivity index (χ2v) is 7.16. The SMILES string of the molecule is Cc1ccc(S(C)(=O)=O)cc1C(=O)Nc1ccc(Cl)cc1. The average molecular weight is 324 g/mol. The smallest absolute Gasteiger partial charge is 0.255 e. The van der Waals surface area contributed by atoms with Gasteiger partial charge in [-0.1, -0.05) is 17.7 Å². The van der Waals surface area contributed by atoms with Crippen molar-refractivity contribution in [3.63, 3.8) is 0 Å². The molecule has 0 aliphatic rings. The number of anilines is 1. The summed E-state index contributed by atoms with van der Waals surface area (Å²) in [6.45, 7) is 1.75. The first-order chi connectivity index (χ1) is 9.77. The highest BCUT2D eigenvalue weighted by atomic mass is 35.5. The van der Waals surface area contributed by atoms with Crippen LogP contribution in [0, 0.1) is 6.92 Å². The monoisotopic (exact) mass is 323 g/mol. The summed E-state index contributed by atoms with van der Waals surface area (Å²) in [5.41, 5.74) is 1.62. The first-order valence-corrected chi connectivity index (χ1v) is 8.42. The molecular weight excluding hydrogens is 310 g/mol. The van der Waals surface area contributed by atoms with Crippen LogP contribution < -0.4 is 5.32 Å². The van der Waals surface area contributed by atoms with Crippen LogP contribution in [0.2, 0.25) is 5.02 Å². The highest BCUT2D eigenvalue weighted by Gasteiger charge is 2.14. The number of carbonyl (C=O) groups is 1. The number of carbonyl (C=O) groups excluding carboxylic acids is 1. The normalized spacial score (nSPS) is 11.2. The van der Waals surface area contributed by atoms with Crippen molar-refractivity contribution in [3.8, 4) is 0 Å². The Bertz CT molecular complexity index is 783. The molecule has 0 spiro atoms. The Labute approximate surface area is 128 Å². The van der Waals surface area contributed by atoms with Gasteiger partial charge in [0.05, 0.1) is 4.90 Å². The predicted molar refractivity (Wildman–Crippen MR) is 83.7 cm³/mol. The van der Waals surface area contributed by atoms with E-state index in [0.29, 0.717) is 21.8 Å². The molecule has 0 saturated heterocycles. The first kappa shape index (κ1) is 15.5. The van der Waals surface area contributed by atoms with Crippen molar-refractivity contribution in [2.45, 2.75) is 11.8 Å². The lowest BCUT2D eigenvalue weighted by molar-refractivity contribution is 0.102. The van der Waals surface area contributed by atoms with Crippen LogP contribution in [0.15, 0.2) is 47.4 Å². The molecule has 0 unspecified atom stereocenters. The van der Waals surface area contributed by atoms with Crippen LogP contribution in [-0.4, -0.2) is 20.6 Å². The van der Waals surface area contributed by atoms with Crippen LogP contribution in [-0.2, 0) is 9.84 Å². The largest absolute Gasteiger partial charge is 0.322 e. The van der Waals surface area contributed by atoms with Crippen LogP contribution in [0.5, 0.6) is 0 Å². The molecule has 6 heteroatoms. The van der Waals surface area contributed by atoms with Gasteiger partial charge < -0.3 is 5.32 Å². The van der Waals surface area contributed by atoms with Crippen molar-refractivity contribution in [2.24, 2.45) is 0 Å². The third-order valence-corrected chi connectivity index (χ3v) is 4.35. The Balaban J connectivity index is 2.32. The van der Waals surface area contributed by atoms with Gasteiger partial charge >= 0.3 is 0 Å². The molecule has 1 N–H and O–H groups in total. The van der Waals surface area contributed by atoms with Crippen LogP contribution in [0.25, 0.3) is 0 Å². The number of benzene rings is 2. The Morgan fingerprint density at radius 2 is 1.71 bits per heavy atom. The lowest BCUT2D eigenvalue weighted by atomic mass is 10.1. The Hall–Kier alpha value is -1.85.